The van der Waals surface area contributed by atoms with Crippen molar-refractivity contribution >= 4 is 29.2 Å². The molecule has 0 radical (unpaired) electrons. The van der Waals surface area contributed by atoms with Gasteiger partial charge in [-0.1, -0.05) is 29.3 Å². The Morgan fingerprint density at radius 3 is 2.48 bits per heavy atom. The third-order valence-electron chi connectivity index (χ3n) is 5.79. The monoisotopic (exact) mass is 404 g/mol. The van der Waals surface area contributed by atoms with Crippen LogP contribution >= 0.6 is 23.2 Å². The van der Waals surface area contributed by atoms with Crippen LogP contribution in [0.5, 0.6) is 0 Å². The number of piperidine rings is 1. The summed E-state index contributed by atoms with van der Waals surface area (Å²) in [6.45, 7) is 6.46. The summed E-state index contributed by atoms with van der Waals surface area (Å²) in [6.07, 6.45) is 5.50. The van der Waals surface area contributed by atoms with Gasteiger partial charge in [-0.15, -0.1) is 0 Å². The highest BCUT2D eigenvalue weighted by Crippen LogP contribution is 2.34. The minimum atomic E-state index is 0.456. The second-order valence-corrected chi connectivity index (χ2v) is 8.53. The van der Waals surface area contributed by atoms with E-state index in [2.05, 4.69) is 24.1 Å². The van der Waals surface area contributed by atoms with E-state index in [4.69, 9.17) is 33.2 Å². The molecule has 2 atom stereocenters. The number of halogens is 2. The van der Waals surface area contributed by atoms with Gasteiger partial charge in [0.25, 0.3) is 0 Å². The van der Waals surface area contributed by atoms with Gasteiger partial charge < -0.3 is 10.2 Å². The minimum absolute atomic E-state index is 0.456. The van der Waals surface area contributed by atoms with Crippen molar-refractivity contribution in [3.05, 3.63) is 39.5 Å². The van der Waals surface area contributed by atoms with E-state index in [0.29, 0.717) is 22.1 Å². The van der Waals surface area contributed by atoms with Gasteiger partial charge in [0.05, 0.1) is 21.4 Å². The zero-order valence-corrected chi connectivity index (χ0v) is 17.4. The van der Waals surface area contributed by atoms with E-state index in [1.54, 1.807) is 0 Å². The number of nitrogens with one attached hydrogen (secondary N) is 1. The molecule has 4 rings (SSSR count). The van der Waals surface area contributed by atoms with Crippen LogP contribution in [0.4, 0.5) is 5.95 Å². The number of aromatic nitrogens is 2. The smallest absolute Gasteiger partial charge is 0.226 e. The van der Waals surface area contributed by atoms with Crippen molar-refractivity contribution < 1.29 is 0 Å². The van der Waals surface area contributed by atoms with Crippen LogP contribution in [0.15, 0.2) is 18.2 Å². The average Bonchev–Trinajstić information content (AvgIpc) is 2.89. The van der Waals surface area contributed by atoms with Crippen molar-refractivity contribution in [2.45, 2.75) is 58.0 Å². The first-order valence-corrected chi connectivity index (χ1v) is 10.6. The molecule has 1 N–H and O–H groups in total. The van der Waals surface area contributed by atoms with Gasteiger partial charge in [-0.2, -0.15) is 0 Å². The number of anilines is 1. The summed E-state index contributed by atoms with van der Waals surface area (Å²) in [7, 11) is 0. The molecule has 0 spiro atoms. The lowest BCUT2D eigenvalue weighted by atomic mass is 9.97. The predicted molar refractivity (Wildman–Crippen MR) is 113 cm³/mol. The highest BCUT2D eigenvalue weighted by atomic mass is 35.5. The molecule has 2 aliphatic heterocycles. The van der Waals surface area contributed by atoms with Gasteiger partial charge in [-0.05, 0) is 58.2 Å². The van der Waals surface area contributed by atoms with Gasteiger partial charge in [0.15, 0.2) is 0 Å². The van der Waals surface area contributed by atoms with Gasteiger partial charge in [-0.3, -0.25) is 0 Å². The lowest BCUT2D eigenvalue weighted by Gasteiger charge is -2.39. The molecular formula is C21H26Cl2N4. The Hall–Kier alpha value is -1.36. The fraction of sp³-hybridized carbons (Fsp3) is 0.524. The first-order chi connectivity index (χ1) is 13.0. The van der Waals surface area contributed by atoms with E-state index in [1.165, 1.54) is 24.8 Å². The van der Waals surface area contributed by atoms with E-state index in [0.717, 1.165) is 48.8 Å². The Bertz CT molecular complexity index is 829. The number of benzene rings is 1. The second kappa shape index (κ2) is 7.94. The summed E-state index contributed by atoms with van der Waals surface area (Å²) in [5, 5.41) is 4.62. The molecule has 2 aliphatic rings. The molecule has 2 aromatic rings. The molecule has 0 saturated carbocycles. The van der Waals surface area contributed by atoms with Gasteiger partial charge in [-0.25, -0.2) is 9.97 Å². The maximum Gasteiger partial charge on any atom is 0.226 e. The zero-order valence-electron chi connectivity index (χ0n) is 15.9. The van der Waals surface area contributed by atoms with Crippen LogP contribution in [0.1, 0.15) is 44.4 Å². The molecule has 1 fully saturated rings. The number of hydrogen-bond donors (Lipinski definition) is 1. The second-order valence-electron chi connectivity index (χ2n) is 7.71. The van der Waals surface area contributed by atoms with Gasteiger partial charge >= 0.3 is 0 Å². The van der Waals surface area contributed by atoms with E-state index in [9.17, 15) is 0 Å². The summed E-state index contributed by atoms with van der Waals surface area (Å²) in [5.74, 6) is 0.858. The van der Waals surface area contributed by atoms with E-state index < -0.39 is 0 Å². The van der Waals surface area contributed by atoms with Crippen molar-refractivity contribution in [1.82, 2.24) is 15.3 Å². The molecule has 1 aromatic carbocycles. The highest BCUT2D eigenvalue weighted by molar-refractivity contribution is 6.42. The standard InChI is InChI=1S/C21H26Cl2N4/c1-13-4-3-5-14(2)27(13)21-25-19-9-11-24-10-8-16(19)20(26-21)15-6-7-17(22)18(23)12-15/h6-7,12-14,24H,3-5,8-11H2,1-2H3/t13-,14+. The summed E-state index contributed by atoms with van der Waals surface area (Å²) >= 11 is 12.5. The van der Waals surface area contributed by atoms with Gasteiger partial charge in [0, 0.05) is 36.2 Å². The minimum Gasteiger partial charge on any atom is -0.335 e. The van der Waals surface area contributed by atoms with Crippen LogP contribution in [-0.4, -0.2) is 35.1 Å². The van der Waals surface area contributed by atoms with Crippen LogP contribution in [0.2, 0.25) is 10.0 Å². The first kappa shape index (κ1) is 19.0. The van der Waals surface area contributed by atoms with Gasteiger partial charge in [0.1, 0.15) is 0 Å². The van der Waals surface area contributed by atoms with Crippen LogP contribution in [0.25, 0.3) is 11.3 Å². The first-order valence-electron chi connectivity index (χ1n) is 9.89. The van der Waals surface area contributed by atoms with Crippen LogP contribution < -0.4 is 10.2 Å². The number of fused-ring (bicyclic) bond motifs is 1. The van der Waals surface area contributed by atoms with Gasteiger partial charge in [0.2, 0.25) is 5.95 Å². The van der Waals surface area contributed by atoms with Crippen molar-refractivity contribution in [3.8, 4) is 11.3 Å². The zero-order chi connectivity index (χ0) is 19.0. The molecule has 0 aliphatic carbocycles. The molecule has 3 heterocycles. The van der Waals surface area contributed by atoms with Crippen molar-refractivity contribution in [1.29, 1.82) is 0 Å². The Morgan fingerprint density at radius 1 is 1.00 bits per heavy atom. The largest absolute Gasteiger partial charge is 0.335 e. The van der Waals surface area contributed by atoms with Crippen LogP contribution in [0, 0.1) is 0 Å². The lowest BCUT2D eigenvalue weighted by Crippen LogP contribution is -2.45. The maximum absolute atomic E-state index is 6.32. The summed E-state index contributed by atoms with van der Waals surface area (Å²) < 4.78 is 0. The molecule has 1 saturated heterocycles. The molecule has 4 nitrogen and oxygen atoms in total. The number of rotatable bonds is 2. The van der Waals surface area contributed by atoms with Crippen LogP contribution in [-0.2, 0) is 12.8 Å². The molecule has 0 amide bonds. The molecule has 0 unspecified atom stereocenters. The van der Waals surface area contributed by atoms with Crippen LogP contribution in [0.3, 0.4) is 0 Å². The SMILES string of the molecule is C[C@@H]1CCC[C@H](C)N1c1nc2c(c(-c3ccc(Cl)c(Cl)c3)n1)CCNCC2. The molecule has 27 heavy (non-hydrogen) atoms. The molecular weight excluding hydrogens is 379 g/mol. The predicted octanol–water partition coefficient (Wildman–Crippen LogP) is 4.91. The topological polar surface area (TPSA) is 41.1 Å². The Kier molecular flexibility index (Phi) is 5.58. The fourth-order valence-electron chi connectivity index (χ4n) is 4.35. The Morgan fingerprint density at radius 2 is 1.74 bits per heavy atom. The summed E-state index contributed by atoms with van der Waals surface area (Å²) in [5.41, 5.74) is 4.42. The van der Waals surface area contributed by atoms with E-state index in [-0.39, 0.29) is 0 Å². The van der Waals surface area contributed by atoms with Crippen molar-refractivity contribution in [2.24, 2.45) is 0 Å². The third kappa shape index (κ3) is 3.80. The van der Waals surface area contributed by atoms with Crippen molar-refractivity contribution in [2.75, 3.05) is 18.0 Å². The maximum atomic E-state index is 6.32. The Labute approximate surface area is 171 Å². The average molecular weight is 405 g/mol. The summed E-state index contributed by atoms with van der Waals surface area (Å²) in [6, 6.07) is 6.71. The number of hydrogen-bond acceptors (Lipinski definition) is 4. The third-order valence-corrected chi connectivity index (χ3v) is 6.53. The Balaban J connectivity index is 1.86. The fourth-order valence-corrected chi connectivity index (χ4v) is 4.64. The summed E-state index contributed by atoms with van der Waals surface area (Å²) in [4.78, 5) is 12.5. The quantitative estimate of drug-likeness (QED) is 0.771. The van der Waals surface area contributed by atoms with Crippen molar-refractivity contribution in [3.63, 3.8) is 0 Å². The number of nitrogens with zero attached hydrogens (tertiary/aromatic N) is 3. The molecule has 6 heteroatoms. The lowest BCUT2D eigenvalue weighted by molar-refractivity contribution is 0.407. The van der Waals surface area contributed by atoms with E-state index in [1.807, 2.05) is 18.2 Å². The molecule has 0 bridgehead atoms. The molecule has 1 aromatic heterocycles. The van der Waals surface area contributed by atoms with E-state index >= 15 is 0 Å². The molecule has 144 valence electrons. The normalized spacial score (nSPS) is 23.0. The highest BCUT2D eigenvalue weighted by Gasteiger charge is 2.29.